The fourth-order valence-electron chi connectivity index (χ4n) is 2.83. The molecule has 3 N–H and O–H groups in total. The van der Waals surface area contributed by atoms with Crippen molar-refractivity contribution < 1.29 is 5.11 Å². The van der Waals surface area contributed by atoms with Crippen LogP contribution in [0.15, 0.2) is 12.1 Å². The molecule has 1 rings (SSSR count). The average molecular weight is 235 g/mol. The zero-order valence-corrected chi connectivity index (χ0v) is 11.5. The molecule has 0 aliphatic carbocycles. The number of aryl methyl sites for hydroxylation is 3. The second-order valence-electron chi connectivity index (χ2n) is 5.23. The van der Waals surface area contributed by atoms with Crippen molar-refractivity contribution in [1.82, 2.24) is 0 Å². The quantitative estimate of drug-likeness (QED) is 0.824. The number of hydrogen-bond donors (Lipinski definition) is 2. The smallest absolute Gasteiger partial charge is 0.0471 e. The van der Waals surface area contributed by atoms with E-state index in [4.69, 9.17) is 5.73 Å². The molecule has 96 valence electrons. The van der Waals surface area contributed by atoms with E-state index in [1.165, 1.54) is 22.3 Å². The van der Waals surface area contributed by atoms with E-state index in [0.29, 0.717) is 12.5 Å². The average Bonchev–Trinajstić information content (AvgIpc) is 2.24. The van der Waals surface area contributed by atoms with E-state index in [9.17, 15) is 5.11 Å². The van der Waals surface area contributed by atoms with Crippen LogP contribution < -0.4 is 5.73 Å². The molecule has 2 atom stereocenters. The van der Waals surface area contributed by atoms with Crippen LogP contribution in [0, 0.1) is 26.7 Å². The highest BCUT2D eigenvalue weighted by molar-refractivity contribution is 5.39. The molecule has 0 aliphatic rings. The maximum atomic E-state index is 9.22. The molecule has 0 aromatic heterocycles. The molecule has 1 aromatic carbocycles. The van der Waals surface area contributed by atoms with Gasteiger partial charge in [0.1, 0.15) is 0 Å². The van der Waals surface area contributed by atoms with Crippen molar-refractivity contribution in [2.45, 2.75) is 40.0 Å². The second kappa shape index (κ2) is 6.18. The van der Waals surface area contributed by atoms with Crippen LogP contribution >= 0.6 is 0 Å². The number of aliphatic hydroxyl groups excluding tert-OH is 1. The van der Waals surface area contributed by atoms with Crippen LogP contribution in [0.4, 0.5) is 0 Å². The first-order valence-corrected chi connectivity index (χ1v) is 6.38. The van der Waals surface area contributed by atoms with Gasteiger partial charge in [-0.05, 0) is 62.3 Å². The minimum atomic E-state index is 0.185. The van der Waals surface area contributed by atoms with E-state index in [1.54, 1.807) is 0 Å². The van der Waals surface area contributed by atoms with Crippen LogP contribution in [0.5, 0.6) is 0 Å². The van der Waals surface area contributed by atoms with Crippen molar-refractivity contribution in [3.63, 3.8) is 0 Å². The van der Waals surface area contributed by atoms with Gasteiger partial charge in [-0.25, -0.2) is 0 Å². The number of aliphatic hydroxyl groups is 1. The molecule has 0 heterocycles. The zero-order chi connectivity index (χ0) is 13.0. The van der Waals surface area contributed by atoms with Crippen molar-refractivity contribution in [3.8, 4) is 0 Å². The van der Waals surface area contributed by atoms with Crippen LogP contribution in [-0.2, 0) is 0 Å². The second-order valence-corrected chi connectivity index (χ2v) is 5.23. The van der Waals surface area contributed by atoms with Gasteiger partial charge in [0.05, 0.1) is 0 Å². The third-order valence-electron chi connectivity index (χ3n) is 3.51. The van der Waals surface area contributed by atoms with E-state index in [0.717, 1.165) is 6.42 Å². The van der Waals surface area contributed by atoms with E-state index >= 15 is 0 Å². The predicted molar refractivity (Wildman–Crippen MR) is 73.3 cm³/mol. The lowest BCUT2D eigenvalue weighted by Gasteiger charge is -2.22. The van der Waals surface area contributed by atoms with Gasteiger partial charge < -0.3 is 10.8 Å². The lowest BCUT2D eigenvalue weighted by atomic mass is 9.85. The fourth-order valence-corrected chi connectivity index (χ4v) is 2.83. The summed E-state index contributed by atoms with van der Waals surface area (Å²) in [6.45, 7) is 9.44. The van der Waals surface area contributed by atoms with E-state index in [-0.39, 0.29) is 12.5 Å². The number of nitrogens with two attached hydrogens (primary N) is 1. The molecule has 1 aromatic rings. The molecule has 0 fully saturated rings. The van der Waals surface area contributed by atoms with E-state index in [2.05, 4.69) is 39.8 Å². The van der Waals surface area contributed by atoms with Gasteiger partial charge in [0.25, 0.3) is 0 Å². The summed E-state index contributed by atoms with van der Waals surface area (Å²) >= 11 is 0. The fraction of sp³-hybridized carbons (Fsp3) is 0.600. The molecule has 0 amide bonds. The van der Waals surface area contributed by atoms with Crippen molar-refractivity contribution in [3.05, 3.63) is 34.4 Å². The highest BCUT2D eigenvalue weighted by Crippen LogP contribution is 2.29. The highest BCUT2D eigenvalue weighted by atomic mass is 16.3. The Morgan fingerprint density at radius 2 is 1.71 bits per heavy atom. The molecule has 17 heavy (non-hydrogen) atoms. The third kappa shape index (κ3) is 3.55. The maximum Gasteiger partial charge on any atom is 0.0471 e. The summed E-state index contributed by atoms with van der Waals surface area (Å²) in [5.74, 6) is 0.668. The summed E-state index contributed by atoms with van der Waals surface area (Å²) in [7, 11) is 0. The van der Waals surface area contributed by atoms with Crippen LogP contribution in [0.25, 0.3) is 0 Å². The Morgan fingerprint density at radius 3 is 2.12 bits per heavy atom. The first-order valence-electron chi connectivity index (χ1n) is 6.38. The summed E-state index contributed by atoms with van der Waals surface area (Å²) in [6.07, 6.45) is 0.956. The predicted octanol–water partition coefficient (Wildman–Crippen LogP) is 2.67. The molecule has 0 bridgehead atoms. The number of benzene rings is 1. The van der Waals surface area contributed by atoms with Crippen LogP contribution in [0.1, 0.15) is 41.5 Å². The van der Waals surface area contributed by atoms with Crippen LogP contribution in [-0.4, -0.2) is 18.3 Å². The van der Waals surface area contributed by atoms with Gasteiger partial charge in [-0.15, -0.1) is 0 Å². The Hall–Kier alpha value is -0.860. The van der Waals surface area contributed by atoms with Gasteiger partial charge in [-0.3, -0.25) is 0 Å². The molecular formula is C15H25NO. The summed E-state index contributed by atoms with van der Waals surface area (Å²) < 4.78 is 0. The molecule has 2 unspecified atom stereocenters. The Kier molecular flexibility index (Phi) is 5.16. The lowest BCUT2D eigenvalue weighted by molar-refractivity contribution is 0.217. The molecule has 0 radical (unpaired) electrons. The first kappa shape index (κ1) is 14.2. The van der Waals surface area contributed by atoms with Gasteiger partial charge in [0.2, 0.25) is 0 Å². The van der Waals surface area contributed by atoms with Crippen molar-refractivity contribution in [2.75, 3.05) is 13.2 Å². The van der Waals surface area contributed by atoms with Crippen molar-refractivity contribution in [2.24, 2.45) is 11.7 Å². The van der Waals surface area contributed by atoms with Gasteiger partial charge in [-0.2, -0.15) is 0 Å². The molecule has 0 spiro atoms. The normalized spacial score (nSPS) is 14.7. The highest BCUT2D eigenvalue weighted by Gasteiger charge is 2.16. The summed E-state index contributed by atoms with van der Waals surface area (Å²) in [5, 5.41) is 9.22. The zero-order valence-electron chi connectivity index (χ0n) is 11.5. The lowest BCUT2D eigenvalue weighted by Crippen LogP contribution is -2.20. The summed E-state index contributed by atoms with van der Waals surface area (Å²) in [5.41, 5.74) is 11.1. The van der Waals surface area contributed by atoms with Crippen LogP contribution in [0.2, 0.25) is 0 Å². The van der Waals surface area contributed by atoms with E-state index < -0.39 is 0 Å². The minimum Gasteiger partial charge on any atom is -0.396 e. The number of rotatable bonds is 5. The molecule has 0 saturated carbocycles. The van der Waals surface area contributed by atoms with Gasteiger partial charge in [0, 0.05) is 6.61 Å². The molecule has 2 nitrogen and oxygen atoms in total. The molecule has 2 heteroatoms. The van der Waals surface area contributed by atoms with Crippen molar-refractivity contribution in [1.29, 1.82) is 0 Å². The monoisotopic (exact) mass is 235 g/mol. The standard InChI is InChI=1S/C15H25NO/c1-10-5-11(2)15(12(3)6-10)13(4)7-14(8-16)9-17/h5-6,13-14,17H,7-9,16H2,1-4H3. The third-order valence-corrected chi connectivity index (χ3v) is 3.51. The Labute approximate surface area is 105 Å². The van der Waals surface area contributed by atoms with Crippen molar-refractivity contribution >= 4 is 0 Å². The largest absolute Gasteiger partial charge is 0.396 e. The first-order chi connectivity index (χ1) is 7.99. The molecular weight excluding hydrogens is 210 g/mol. The molecule has 0 aliphatic heterocycles. The SMILES string of the molecule is Cc1cc(C)c(C(C)CC(CN)CO)c(C)c1. The molecule has 0 saturated heterocycles. The number of hydrogen-bond acceptors (Lipinski definition) is 2. The topological polar surface area (TPSA) is 46.2 Å². The summed E-state index contributed by atoms with van der Waals surface area (Å²) in [4.78, 5) is 0. The van der Waals surface area contributed by atoms with Crippen LogP contribution in [0.3, 0.4) is 0 Å². The van der Waals surface area contributed by atoms with Gasteiger partial charge in [-0.1, -0.05) is 24.6 Å². The Morgan fingerprint density at radius 1 is 1.18 bits per heavy atom. The van der Waals surface area contributed by atoms with E-state index in [1.807, 2.05) is 0 Å². The van der Waals surface area contributed by atoms with Gasteiger partial charge >= 0.3 is 0 Å². The van der Waals surface area contributed by atoms with Gasteiger partial charge in [0.15, 0.2) is 0 Å². The Balaban J connectivity index is 2.92. The Bertz CT molecular complexity index is 346. The maximum absolute atomic E-state index is 9.22. The summed E-state index contributed by atoms with van der Waals surface area (Å²) in [6, 6.07) is 4.46. The minimum absolute atomic E-state index is 0.185.